The molecule has 1 N–H and O–H groups in total. The van der Waals surface area contributed by atoms with Gasteiger partial charge in [0.25, 0.3) is 0 Å². The summed E-state index contributed by atoms with van der Waals surface area (Å²) in [5.74, 6) is 1.47. The number of thioether (sulfide) groups is 1. The van der Waals surface area contributed by atoms with Gasteiger partial charge in [0.15, 0.2) is 5.13 Å². The predicted molar refractivity (Wildman–Crippen MR) is 119 cm³/mol. The van der Waals surface area contributed by atoms with Crippen molar-refractivity contribution in [1.29, 1.82) is 0 Å². The van der Waals surface area contributed by atoms with E-state index in [1.807, 2.05) is 60.0 Å². The Morgan fingerprint density at radius 3 is 2.64 bits per heavy atom. The van der Waals surface area contributed by atoms with E-state index in [1.54, 1.807) is 24.9 Å². The summed E-state index contributed by atoms with van der Waals surface area (Å²) in [7, 11) is 1.63. The molecule has 0 saturated heterocycles. The zero-order chi connectivity index (χ0) is 19.8. The van der Waals surface area contributed by atoms with Gasteiger partial charge in [-0.1, -0.05) is 18.2 Å². The summed E-state index contributed by atoms with van der Waals surface area (Å²) >= 11 is 3.12. The Morgan fingerprint density at radius 2 is 1.96 bits per heavy atom. The number of aromatic nitrogens is 1. The van der Waals surface area contributed by atoms with E-state index < -0.39 is 0 Å². The second-order valence-corrected chi connectivity index (χ2v) is 7.71. The first-order valence-electron chi connectivity index (χ1n) is 8.60. The maximum Gasteiger partial charge on any atom is 0.250 e. The van der Waals surface area contributed by atoms with Crippen LogP contribution in [0.5, 0.6) is 5.75 Å². The van der Waals surface area contributed by atoms with Gasteiger partial charge in [0.05, 0.1) is 12.8 Å². The molecule has 142 valence electrons. The fourth-order valence-corrected chi connectivity index (χ4v) is 3.74. The Balaban J connectivity index is 1.58. The molecule has 0 aliphatic rings. The van der Waals surface area contributed by atoms with Crippen LogP contribution in [0.4, 0.5) is 5.13 Å². The number of thiazole rings is 1. The van der Waals surface area contributed by atoms with E-state index in [9.17, 15) is 4.79 Å². The first-order valence-corrected chi connectivity index (χ1v) is 10.5. The SMILES string of the molecule is C=CCSc1ccc(/C=C/C(=O)Nc2nc(-c3ccc(OC)cc3)cs2)cc1. The summed E-state index contributed by atoms with van der Waals surface area (Å²) in [6.45, 7) is 3.72. The number of hydrogen-bond acceptors (Lipinski definition) is 5. The fraction of sp³-hybridized carbons (Fsp3) is 0.0909. The van der Waals surface area contributed by atoms with E-state index >= 15 is 0 Å². The smallest absolute Gasteiger partial charge is 0.250 e. The van der Waals surface area contributed by atoms with Crippen molar-refractivity contribution < 1.29 is 9.53 Å². The van der Waals surface area contributed by atoms with Gasteiger partial charge in [-0.3, -0.25) is 10.1 Å². The van der Waals surface area contributed by atoms with E-state index in [0.29, 0.717) is 5.13 Å². The minimum atomic E-state index is -0.208. The molecule has 3 aromatic rings. The fourth-order valence-electron chi connectivity index (χ4n) is 2.37. The van der Waals surface area contributed by atoms with Crippen LogP contribution < -0.4 is 10.1 Å². The highest BCUT2D eigenvalue weighted by atomic mass is 32.2. The molecule has 0 aliphatic heterocycles. The van der Waals surface area contributed by atoms with Crippen molar-refractivity contribution >= 4 is 40.2 Å². The van der Waals surface area contributed by atoms with Crippen molar-refractivity contribution in [1.82, 2.24) is 4.98 Å². The van der Waals surface area contributed by atoms with Crippen molar-refractivity contribution in [2.24, 2.45) is 0 Å². The average Bonchev–Trinajstić information content (AvgIpc) is 3.20. The van der Waals surface area contributed by atoms with Gasteiger partial charge in [0.2, 0.25) is 5.91 Å². The first-order chi connectivity index (χ1) is 13.7. The van der Waals surface area contributed by atoms with Crippen molar-refractivity contribution in [3.8, 4) is 17.0 Å². The molecule has 1 heterocycles. The summed E-state index contributed by atoms with van der Waals surface area (Å²) < 4.78 is 5.16. The number of nitrogens with zero attached hydrogens (tertiary/aromatic N) is 1. The molecule has 3 rings (SSSR count). The molecule has 1 aromatic heterocycles. The molecular formula is C22H20N2O2S2. The molecule has 0 bridgehead atoms. The number of anilines is 1. The third-order valence-corrected chi connectivity index (χ3v) is 5.56. The van der Waals surface area contributed by atoms with Crippen LogP contribution in [0, 0.1) is 0 Å². The number of amides is 1. The van der Waals surface area contributed by atoms with Crippen molar-refractivity contribution in [3.63, 3.8) is 0 Å². The van der Waals surface area contributed by atoms with Crippen LogP contribution in [0.3, 0.4) is 0 Å². The second kappa shape index (κ2) is 9.92. The standard InChI is InChI=1S/C22H20N2O2S2/c1-3-14-27-19-11-4-16(5-12-19)6-13-21(25)24-22-23-20(15-28-22)17-7-9-18(26-2)10-8-17/h3-13,15H,1,14H2,2H3,(H,23,24,25)/b13-6+. The second-order valence-electron chi connectivity index (χ2n) is 5.76. The molecule has 0 aliphatic carbocycles. The van der Waals surface area contributed by atoms with Gasteiger partial charge < -0.3 is 4.74 Å². The summed E-state index contributed by atoms with van der Waals surface area (Å²) in [6.07, 6.45) is 5.18. The van der Waals surface area contributed by atoms with Gasteiger partial charge in [-0.15, -0.1) is 29.7 Å². The Kier molecular flexibility index (Phi) is 7.06. The third kappa shape index (κ3) is 5.58. The highest BCUT2D eigenvalue weighted by Gasteiger charge is 2.06. The maximum atomic E-state index is 12.2. The molecule has 0 atom stereocenters. The van der Waals surface area contributed by atoms with Crippen LogP contribution in [0.2, 0.25) is 0 Å². The highest BCUT2D eigenvalue weighted by molar-refractivity contribution is 7.99. The average molecular weight is 409 g/mol. The molecule has 0 unspecified atom stereocenters. The van der Waals surface area contributed by atoms with E-state index in [1.165, 1.54) is 22.3 Å². The minimum absolute atomic E-state index is 0.208. The number of carbonyl (C=O) groups is 1. The summed E-state index contributed by atoms with van der Waals surface area (Å²) in [5, 5.41) is 5.29. The van der Waals surface area contributed by atoms with Crippen LogP contribution in [0.25, 0.3) is 17.3 Å². The molecule has 2 aromatic carbocycles. The summed E-state index contributed by atoms with van der Waals surface area (Å²) in [5.41, 5.74) is 2.76. The van der Waals surface area contributed by atoms with E-state index in [4.69, 9.17) is 4.74 Å². The number of benzene rings is 2. The minimum Gasteiger partial charge on any atom is -0.497 e. The van der Waals surface area contributed by atoms with E-state index in [-0.39, 0.29) is 5.91 Å². The molecule has 0 radical (unpaired) electrons. The van der Waals surface area contributed by atoms with Gasteiger partial charge in [-0.25, -0.2) is 4.98 Å². The van der Waals surface area contributed by atoms with Crippen molar-refractivity contribution in [2.45, 2.75) is 4.90 Å². The van der Waals surface area contributed by atoms with Crippen molar-refractivity contribution in [3.05, 3.63) is 78.2 Å². The molecule has 0 fully saturated rings. The lowest BCUT2D eigenvalue weighted by Crippen LogP contribution is -2.07. The largest absolute Gasteiger partial charge is 0.497 e. The van der Waals surface area contributed by atoms with E-state index in [0.717, 1.165) is 28.3 Å². The lowest BCUT2D eigenvalue weighted by atomic mass is 10.2. The third-order valence-electron chi connectivity index (χ3n) is 3.80. The molecule has 6 heteroatoms. The topological polar surface area (TPSA) is 51.2 Å². The zero-order valence-corrected chi connectivity index (χ0v) is 17.1. The van der Waals surface area contributed by atoms with Crippen LogP contribution in [-0.4, -0.2) is 23.8 Å². The van der Waals surface area contributed by atoms with Crippen LogP contribution in [0.15, 0.2) is 77.5 Å². The lowest BCUT2D eigenvalue weighted by Gasteiger charge is -2.01. The van der Waals surface area contributed by atoms with Crippen LogP contribution >= 0.6 is 23.1 Å². The summed E-state index contributed by atoms with van der Waals surface area (Å²) in [6, 6.07) is 15.7. The number of carbonyl (C=O) groups excluding carboxylic acids is 1. The normalized spacial score (nSPS) is 10.8. The van der Waals surface area contributed by atoms with Crippen molar-refractivity contribution in [2.75, 3.05) is 18.2 Å². The highest BCUT2D eigenvalue weighted by Crippen LogP contribution is 2.26. The van der Waals surface area contributed by atoms with Gasteiger partial charge in [-0.05, 0) is 48.0 Å². The Labute approximate surface area is 173 Å². The Morgan fingerprint density at radius 1 is 1.21 bits per heavy atom. The number of nitrogens with one attached hydrogen (secondary N) is 1. The van der Waals surface area contributed by atoms with E-state index in [2.05, 4.69) is 16.9 Å². The van der Waals surface area contributed by atoms with Crippen LogP contribution in [-0.2, 0) is 4.79 Å². The molecule has 0 saturated carbocycles. The molecular weight excluding hydrogens is 388 g/mol. The number of ether oxygens (including phenoxy) is 1. The molecule has 4 nitrogen and oxygen atoms in total. The maximum absolute atomic E-state index is 12.2. The monoisotopic (exact) mass is 408 g/mol. The molecule has 0 spiro atoms. The van der Waals surface area contributed by atoms with Crippen LogP contribution in [0.1, 0.15) is 5.56 Å². The van der Waals surface area contributed by atoms with Gasteiger partial charge in [0.1, 0.15) is 5.75 Å². The van der Waals surface area contributed by atoms with Gasteiger partial charge in [0, 0.05) is 27.7 Å². The number of hydrogen-bond donors (Lipinski definition) is 1. The van der Waals surface area contributed by atoms with Gasteiger partial charge in [-0.2, -0.15) is 0 Å². The van der Waals surface area contributed by atoms with Gasteiger partial charge >= 0.3 is 0 Å². The number of rotatable bonds is 8. The number of methoxy groups -OCH3 is 1. The quantitative estimate of drug-likeness (QED) is 0.293. The Hall–Kier alpha value is -2.83. The zero-order valence-electron chi connectivity index (χ0n) is 15.4. The Bertz CT molecular complexity index is 961. The summed E-state index contributed by atoms with van der Waals surface area (Å²) in [4.78, 5) is 17.8. The predicted octanol–water partition coefficient (Wildman–Crippen LogP) is 5.75. The first kappa shape index (κ1) is 19.9. The molecule has 28 heavy (non-hydrogen) atoms. The lowest BCUT2D eigenvalue weighted by molar-refractivity contribution is -0.111. The molecule has 1 amide bonds.